The van der Waals surface area contributed by atoms with Crippen LogP contribution in [0.4, 0.5) is 0 Å². The van der Waals surface area contributed by atoms with Gasteiger partial charge in [-0.05, 0) is 17.5 Å². The monoisotopic (exact) mass is 340 g/mol. The first kappa shape index (κ1) is 16.3. The normalized spacial score (nSPS) is 10.5. The molecule has 0 unspecified atom stereocenters. The second-order valence-electron chi connectivity index (χ2n) is 4.44. The van der Waals surface area contributed by atoms with Crippen LogP contribution in [0.15, 0.2) is 24.3 Å². The fraction of sp³-hybridized carbons (Fsp3) is 0.200. The van der Waals surface area contributed by atoms with Crippen molar-refractivity contribution < 1.29 is 24.5 Å². The largest absolute Gasteiger partial charge is 0.479 e. The molecule has 2 N–H and O–H groups in total. The summed E-state index contributed by atoms with van der Waals surface area (Å²) in [4.78, 5) is 22.4. The van der Waals surface area contributed by atoms with Gasteiger partial charge in [-0.1, -0.05) is 42.8 Å². The van der Waals surface area contributed by atoms with Crippen molar-refractivity contribution in [2.45, 2.75) is 13.3 Å². The maximum Gasteiger partial charge on any atom is 0.349 e. The minimum Gasteiger partial charge on any atom is -0.479 e. The van der Waals surface area contributed by atoms with Gasteiger partial charge in [0.2, 0.25) is 0 Å². The molecule has 22 heavy (non-hydrogen) atoms. The molecule has 0 aliphatic heterocycles. The third kappa shape index (κ3) is 3.40. The Morgan fingerprint density at radius 3 is 2.64 bits per heavy atom. The van der Waals surface area contributed by atoms with Gasteiger partial charge in [-0.3, -0.25) is 0 Å². The Morgan fingerprint density at radius 1 is 1.32 bits per heavy atom. The van der Waals surface area contributed by atoms with E-state index in [4.69, 9.17) is 21.4 Å². The molecular formula is C15H13ClO5S. The Bertz CT molecular complexity index is 723. The van der Waals surface area contributed by atoms with Gasteiger partial charge >= 0.3 is 11.9 Å². The predicted octanol–water partition coefficient (Wildman–Crippen LogP) is 3.79. The second kappa shape index (κ2) is 6.81. The number of hydrogen-bond acceptors (Lipinski definition) is 4. The molecule has 116 valence electrons. The average Bonchev–Trinajstić information content (AvgIpc) is 2.82. The standard InChI is InChI=1S/C15H13ClO5S/c1-2-8-4-3-5-9(6-8)13-11(16)12(21-7-10(17)18)14(22-13)15(19)20/h3-6H,2,7H2,1H3,(H,17,18)(H,19,20). The predicted molar refractivity (Wildman–Crippen MR) is 84.2 cm³/mol. The van der Waals surface area contributed by atoms with Crippen LogP contribution in [0.25, 0.3) is 10.4 Å². The van der Waals surface area contributed by atoms with E-state index in [2.05, 4.69) is 0 Å². The Kier molecular flexibility index (Phi) is 5.05. The van der Waals surface area contributed by atoms with E-state index < -0.39 is 18.5 Å². The summed E-state index contributed by atoms with van der Waals surface area (Å²) in [7, 11) is 0. The zero-order valence-corrected chi connectivity index (χ0v) is 13.2. The Balaban J connectivity index is 2.50. The topological polar surface area (TPSA) is 83.8 Å². The smallest absolute Gasteiger partial charge is 0.349 e. The minimum absolute atomic E-state index is 0.0986. The quantitative estimate of drug-likeness (QED) is 0.835. The van der Waals surface area contributed by atoms with Gasteiger partial charge in [0.05, 0.1) is 4.88 Å². The van der Waals surface area contributed by atoms with Crippen LogP contribution in [0.5, 0.6) is 5.75 Å². The number of carboxylic acid groups (broad SMARTS) is 2. The summed E-state index contributed by atoms with van der Waals surface area (Å²) in [5, 5.41) is 18.0. The van der Waals surface area contributed by atoms with Gasteiger partial charge in [0.15, 0.2) is 17.2 Å². The van der Waals surface area contributed by atoms with Crippen LogP contribution in [0.1, 0.15) is 22.2 Å². The van der Waals surface area contributed by atoms with Crippen molar-refractivity contribution in [1.82, 2.24) is 0 Å². The highest BCUT2D eigenvalue weighted by atomic mass is 35.5. The van der Waals surface area contributed by atoms with E-state index in [-0.39, 0.29) is 15.6 Å². The molecule has 0 bridgehead atoms. The molecule has 2 rings (SSSR count). The Morgan fingerprint density at radius 2 is 2.05 bits per heavy atom. The van der Waals surface area contributed by atoms with Crippen molar-refractivity contribution in [3.05, 3.63) is 39.7 Å². The van der Waals surface area contributed by atoms with Gasteiger partial charge in [-0.25, -0.2) is 9.59 Å². The van der Waals surface area contributed by atoms with Crippen LogP contribution in [-0.4, -0.2) is 28.8 Å². The second-order valence-corrected chi connectivity index (χ2v) is 5.84. The number of carbonyl (C=O) groups is 2. The molecule has 5 nitrogen and oxygen atoms in total. The fourth-order valence-corrected chi connectivity index (χ4v) is 3.32. The lowest BCUT2D eigenvalue weighted by atomic mass is 10.1. The number of thiophene rings is 1. The molecule has 0 radical (unpaired) electrons. The van der Waals surface area contributed by atoms with Crippen molar-refractivity contribution in [2.24, 2.45) is 0 Å². The van der Waals surface area contributed by atoms with Crippen molar-refractivity contribution in [3.8, 4) is 16.2 Å². The highest BCUT2D eigenvalue weighted by Crippen LogP contribution is 2.45. The molecule has 0 aliphatic rings. The van der Waals surface area contributed by atoms with E-state index in [0.29, 0.717) is 4.88 Å². The van der Waals surface area contributed by atoms with Crippen LogP contribution in [0, 0.1) is 0 Å². The number of hydrogen-bond donors (Lipinski definition) is 2. The van der Waals surface area contributed by atoms with E-state index >= 15 is 0 Å². The number of halogens is 1. The van der Waals surface area contributed by atoms with Crippen molar-refractivity contribution in [2.75, 3.05) is 6.61 Å². The summed E-state index contributed by atoms with van der Waals surface area (Å²) >= 11 is 7.18. The van der Waals surface area contributed by atoms with Gasteiger partial charge in [0, 0.05) is 0 Å². The highest BCUT2D eigenvalue weighted by molar-refractivity contribution is 7.18. The molecule has 0 saturated carbocycles. The number of aromatic carboxylic acids is 1. The fourth-order valence-electron chi connectivity index (χ4n) is 1.92. The zero-order valence-electron chi connectivity index (χ0n) is 11.6. The number of aliphatic carboxylic acids is 1. The molecule has 0 saturated heterocycles. The molecule has 0 amide bonds. The van der Waals surface area contributed by atoms with Crippen molar-refractivity contribution in [3.63, 3.8) is 0 Å². The molecule has 7 heteroatoms. The third-order valence-corrected chi connectivity index (χ3v) is 4.62. The highest BCUT2D eigenvalue weighted by Gasteiger charge is 2.24. The Hall–Kier alpha value is -2.05. The Labute approximate surface area is 135 Å². The van der Waals surface area contributed by atoms with Crippen LogP contribution < -0.4 is 4.74 Å². The molecule has 2 aromatic rings. The number of benzene rings is 1. The molecule has 1 aromatic carbocycles. The van der Waals surface area contributed by atoms with Gasteiger partial charge < -0.3 is 14.9 Å². The number of rotatable bonds is 6. The van der Waals surface area contributed by atoms with Gasteiger partial charge in [-0.2, -0.15) is 0 Å². The number of carboxylic acids is 2. The van der Waals surface area contributed by atoms with Crippen LogP contribution in [0.2, 0.25) is 5.02 Å². The maximum atomic E-state index is 11.3. The minimum atomic E-state index is -1.20. The first-order valence-corrected chi connectivity index (χ1v) is 7.63. The molecule has 0 aliphatic carbocycles. The van der Waals surface area contributed by atoms with Crippen LogP contribution in [0.3, 0.4) is 0 Å². The summed E-state index contributed by atoms with van der Waals surface area (Å²) in [5.41, 5.74) is 1.87. The molecular weight excluding hydrogens is 328 g/mol. The summed E-state index contributed by atoms with van der Waals surface area (Å²) < 4.78 is 5.05. The third-order valence-electron chi connectivity index (χ3n) is 2.94. The zero-order chi connectivity index (χ0) is 16.3. The van der Waals surface area contributed by atoms with Gasteiger partial charge in [0.1, 0.15) is 5.02 Å². The lowest BCUT2D eigenvalue weighted by Crippen LogP contribution is -2.10. The summed E-state index contributed by atoms with van der Waals surface area (Å²) in [6.07, 6.45) is 0.838. The van der Waals surface area contributed by atoms with Crippen molar-refractivity contribution in [1.29, 1.82) is 0 Å². The van der Waals surface area contributed by atoms with Crippen LogP contribution >= 0.6 is 22.9 Å². The first-order chi connectivity index (χ1) is 10.4. The molecule has 0 fully saturated rings. The molecule has 1 aromatic heterocycles. The molecule has 0 spiro atoms. The van der Waals surface area contributed by atoms with E-state index in [1.54, 1.807) is 0 Å². The molecule has 0 atom stereocenters. The van der Waals surface area contributed by atoms with Crippen LogP contribution in [-0.2, 0) is 11.2 Å². The van der Waals surface area contributed by atoms with E-state index in [9.17, 15) is 14.7 Å². The lowest BCUT2D eigenvalue weighted by Gasteiger charge is -2.04. The summed E-state index contributed by atoms with van der Waals surface area (Å²) in [5.74, 6) is -2.50. The summed E-state index contributed by atoms with van der Waals surface area (Å²) in [6.45, 7) is 1.37. The number of ether oxygens (including phenoxy) is 1. The SMILES string of the molecule is CCc1cccc(-c2sc(C(=O)O)c(OCC(=O)O)c2Cl)c1. The lowest BCUT2D eigenvalue weighted by molar-refractivity contribution is -0.139. The number of aryl methyl sites for hydroxylation is 1. The maximum absolute atomic E-state index is 11.3. The van der Waals surface area contributed by atoms with Gasteiger partial charge in [-0.15, -0.1) is 11.3 Å². The molecule has 1 heterocycles. The van der Waals surface area contributed by atoms with Crippen molar-refractivity contribution >= 4 is 34.9 Å². The van der Waals surface area contributed by atoms with E-state index in [0.717, 1.165) is 28.9 Å². The van der Waals surface area contributed by atoms with E-state index in [1.165, 1.54) is 0 Å². The van der Waals surface area contributed by atoms with Gasteiger partial charge in [0.25, 0.3) is 0 Å². The summed E-state index contributed by atoms with van der Waals surface area (Å²) in [6, 6.07) is 7.57. The first-order valence-electron chi connectivity index (χ1n) is 6.43. The van der Waals surface area contributed by atoms with E-state index in [1.807, 2.05) is 31.2 Å². The average molecular weight is 341 g/mol.